The molecule has 0 unspecified atom stereocenters. The van der Waals surface area contributed by atoms with E-state index in [1.165, 1.54) is 56.1 Å². The number of hydrogen-bond donors (Lipinski definition) is 2. The van der Waals surface area contributed by atoms with Crippen molar-refractivity contribution >= 4 is 29.9 Å². The Hall–Kier alpha value is -0.820. The zero-order valence-electron chi connectivity index (χ0n) is 15.3. The summed E-state index contributed by atoms with van der Waals surface area (Å²) >= 11 is 0. The van der Waals surface area contributed by atoms with Gasteiger partial charge in [-0.25, -0.2) is 0 Å². The quantitative estimate of drug-likeness (QED) is 0.234. The van der Waals surface area contributed by atoms with E-state index in [9.17, 15) is 0 Å². The predicted octanol–water partition coefficient (Wildman–Crippen LogP) is 3.68. The molecule has 3 N–H and O–H groups in total. The van der Waals surface area contributed by atoms with E-state index in [-0.39, 0.29) is 24.0 Å². The summed E-state index contributed by atoms with van der Waals surface area (Å²) < 4.78 is 0. The third-order valence-corrected chi connectivity index (χ3v) is 5.33. The number of halogens is 1. The molecule has 140 valence electrons. The molecular formula is C20H33IN4. The molecule has 0 spiro atoms. The second-order valence-corrected chi connectivity index (χ2v) is 7.25. The minimum absolute atomic E-state index is 0. The van der Waals surface area contributed by atoms with Crippen molar-refractivity contribution < 1.29 is 0 Å². The number of hydrogen-bond acceptors (Lipinski definition) is 2. The van der Waals surface area contributed by atoms with E-state index in [1.54, 1.807) is 0 Å². The summed E-state index contributed by atoms with van der Waals surface area (Å²) in [6, 6.07) is 9.35. The van der Waals surface area contributed by atoms with Crippen LogP contribution < -0.4 is 11.1 Å². The van der Waals surface area contributed by atoms with E-state index in [0.29, 0.717) is 12.0 Å². The molecule has 3 rings (SSSR count). The molecule has 25 heavy (non-hydrogen) atoms. The summed E-state index contributed by atoms with van der Waals surface area (Å²) in [6.45, 7) is 4.17. The lowest BCUT2D eigenvalue weighted by Gasteiger charge is -2.28. The molecule has 1 fully saturated rings. The van der Waals surface area contributed by atoms with Crippen LogP contribution >= 0.6 is 24.0 Å². The highest BCUT2D eigenvalue weighted by molar-refractivity contribution is 14.0. The molecular weight excluding hydrogens is 423 g/mol. The number of nitrogens with zero attached hydrogens (tertiary/aromatic N) is 2. The maximum atomic E-state index is 6.06. The highest BCUT2D eigenvalue weighted by atomic mass is 127. The van der Waals surface area contributed by atoms with Gasteiger partial charge < -0.3 is 11.1 Å². The molecule has 1 saturated carbocycles. The van der Waals surface area contributed by atoms with Crippen LogP contribution in [0.5, 0.6) is 0 Å². The minimum atomic E-state index is 0. The third kappa shape index (κ3) is 6.77. The zero-order valence-corrected chi connectivity index (χ0v) is 17.6. The summed E-state index contributed by atoms with van der Waals surface area (Å²) in [5, 5.41) is 3.42. The van der Waals surface area contributed by atoms with Gasteiger partial charge in [0, 0.05) is 32.2 Å². The molecule has 0 aromatic heterocycles. The van der Waals surface area contributed by atoms with Crippen LogP contribution in [0, 0.1) is 0 Å². The van der Waals surface area contributed by atoms with Crippen LogP contribution in [0.15, 0.2) is 29.3 Å². The van der Waals surface area contributed by atoms with Gasteiger partial charge in [-0.3, -0.25) is 9.89 Å². The Morgan fingerprint density at radius 1 is 1.12 bits per heavy atom. The van der Waals surface area contributed by atoms with Crippen LogP contribution in [0.4, 0.5) is 0 Å². The first kappa shape index (κ1) is 20.5. The van der Waals surface area contributed by atoms with Gasteiger partial charge >= 0.3 is 0 Å². The fourth-order valence-electron chi connectivity index (χ4n) is 3.92. The van der Waals surface area contributed by atoms with Gasteiger partial charge in [0.15, 0.2) is 5.96 Å². The normalized spacial score (nSPS) is 19.6. The van der Waals surface area contributed by atoms with E-state index >= 15 is 0 Å². The molecule has 0 atom stereocenters. The maximum Gasteiger partial charge on any atom is 0.188 e. The number of nitrogens with one attached hydrogen (secondary N) is 1. The molecule has 2 aliphatic rings. The minimum Gasteiger partial charge on any atom is -0.370 e. The second kappa shape index (κ2) is 11.0. The van der Waals surface area contributed by atoms with E-state index < -0.39 is 0 Å². The van der Waals surface area contributed by atoms with Crippen molar-refractivity contribution in [3.05, 3.63) is 35.4 Å². The van der Waals surface area contributed by atoms with Crippen LogP contribution in [0.3, 0.4) is 0 Å². The van der Waals surface area contributed by atoms with Gasteiger partial charge in [0.1, 0.15) is 0 Å². The van der Waals surface area contributed by atoms with Gasteiger partial charge in [0.25, 0.3) is 0 Å². The van der Waals surface area contributed by atoms with Crippen molar-refractivity contribution in [1.29, 1.82) is 0 Å². The lowest BCUT2D eigenvalue weighted by atomic mass is 10.00. The van der Waals surface area contributed by atoms with E-state index in [1.807, 2.05) is 0 Å². The topological polar surface area (TPSA) is 53.6 Å². The Kier molecular flexibility index (Phi) is 9.03. The Labute approximate surface area is 169 Å². The van der Waals surface area contributed by atoms with Crippen LogP contribution in [0.2, 0.25) is 0 Å². The Morgan fingerprint density at radius 3 is 2.60 bits per heavy atom. The first-order chi connectivity index (χ1) is 11.8. The van der Waals surface area contributed by atoms with E-state index in [0.717, 1.165) is 32.6 Å². The Balaban J connectivity index is 0.00000225. The van der Waals surface area contributed by atoms with Crippen LogP contribution in [0.25, 0.3) is 0 Å². The monoisotopic (exact) mass is 456 g/mol. The second-order valence-electron chi connectivity index (χ2n) is 7.25. The fraction of sp³-hybridized carbons (Fsp3) is 0.650. The molecule has 0 radical (unpaired) electrons. The average Bonchev–Trinajstić information content (AvgIpc) is 2.87. The number of aliphatic imine (C=N–C) groups is 1. The Morgan fingerprint density at radius 2 is 1.84 bits per heavy atom. The average molecular weight is 456 g/mol. The maximum absolute atomic E-state index is 6.06. The number of rotatable bonds is 5. The zero-order chi connectivity index (χ0) is 16.6. The molecule has 4 nitrogen and oxygen atoms in total. The lowest BCUT2D eigenvalue weighted by Crippen LogP contribution is -2.40. The summed E-state index contributed by atoms with van der Waals surface area (Å²) in [5.74, 6) is 0.644. The van der Waals surface area contributed by atoms with Gasteiger partial charge in [-0.2, -0.15) is 0 Å². The molecule has 1 heterocycles. The number of fused-ring (bicyclic) bond motifs is 1. The molecule has 1 aliphatic heterocycles. The summed E-state index contributed by atoms with van der Waals surface area (Å²) in [4.78, 5) is 7.07. The molecule has 0 saturated heterocycles. The van der Waals surface area contributed by atoms with Crippen LogP contribution in [-0.4, -0.2) is 36.5 Å². The number of benzene rings is 1. The molecule has 5 heteroatoms. The van der Waals surface area contributed by atoms with Crippen molar-refractivity contribution in [2.45, 2.75) is 64.0 Å². The van der Waals surface area contributed by atoms with Crippen LogP contribution in [0.1, 0.15) is 56.1 Å². The third-order valence-electron chi connectivity index (χ3n) is 5.33. The highest BCUT2D eigenvalue weighted by Gasteiger charge is 2.15. The lowest BCUT2D eigenvalue weighted by molar-refractivity contribution is 0.252. The van der Waals surface area contributed by atoms with Crippen molar-refractivity contribution in [3.63, 3.8) is 0 Å². The summed E-state index contributed by atoms with van der Waals surface area (Å²) in [6.07, 6.45) is 10.1. The first-order valence-corrected chi connectivity index (χ1v) is 9.67. The van der Waals surface area contributed by atoms with Gasteiger partial charge in [-0.15, -0.1) is 24.0 Å². The van der Waals surface area contributed by atoms with Crippen molar-refractivity contribution in [2.24, 2.45) is 10.7 Å². The fourth-order valence-corrected chi connectivity index (χ4v) is 3.92. The van der Waals surface area contributed by atoms with Crippen molar-refractivity contribution in [1.82, 2.24) is 10.2 Å². The van der Waals surface area contributed by atoms with Crippen molar-refractivity contribution in [3.8, 4) is 0 Å². The standard InChI is InChI=1S/C20H32N4.HI/c21-20(23-19-10-3-1-2-4-11-19)22-13-7-14-24-15-12-17-8-5-6-9-18(17)16-24;/h5-6,8-9,19H,1-4,7,10-16H2,(H3,21,22,23);1H. The van der Waals surface area contributed by atoms with Crippen LogP contribution in [-0.2, 0) is 13.0 Å². The molecule has 1 aromatic rings. The summed E-state index contributed by atoms with van der Waals surface area (Å²) in [7, 11) is 0. The van der Waals surface area contributed by atoms with Gasteiger partial charge in [0.2, 0.25) is 0 Å². The SMILES string of the molecule is I.NC(=NCCCN1CCc2ccccc2C1)NC1CCCCCC1. The molecule has 0 bridgehead atoms. The van der Waals surface area contributed by atoms with Gasteiger partial charge in [-0.05, 0) is 36.8 Å². The van der Waals surface area contributed by atoms with Gasteiger partial charge in [0.05, 0.1) is 0 Å². The first-order valence-electron chi connectivity index (χ1n) is 9.67. The van der Waals surface area contributed by atoms with E-state index in [2.05, 4.69) is 39.5 Å². The predicted molar refractivity (Wildman–Crippen MR) is 117 cm³/mol. The Bertz CT molecular complexity index is 538. The summed E-state index contributed by atoms with van der Waals surface area (Å²) in [5.41, 5.74) is 9.07. The highest BCUT2D eigenvalue weighted by Crippen LogP contribution is 2.18. The smallest absolute Gasteiger partial charge is 0.188 e. The molecule has 1 aliphatic carbocycles. The van der Waals surface area contributed by atoms with E-state index in [4.69, 9.17) is 5.73 Å². The number of nitrogens with two attached hydrogens (primary N) is 1. The number of guanidine groups is 1. The molecule has 0 amide bonds. The van der Waals surface area contributed by atoms with Gasteiger partial charge in [-0.1, -0.05) is 49.9 Å². The largest absolute Gasteiger partial charge is 0.370 e. The molecule has 1 aromatic carbocycles. The van der Waals surface area contributed by atoms with Crippen molar-refractivity contribution in [2.75, 3.05) is 19.6 Å².